The van der Waals surface area contributed by atoms with Crippen LogP contribution in [0.3, 0.4) is 0 Å². The van der Waals surface area contributed by atoms with E-state index >= 15 is 0 Å². The summed E-state index contributed by atoms with van der Waals surface area (Å²) in [5.74, 6) is 0. The van der Waals surface area contributed by atoms with Crippen LogP contribution in [0.4, 0.5) is 0 Å². The average molecular weight is 347 g/mol. The standard InChI is InChI=1S/C15H38OSi4/c1-15(2)14-16-12-13-20(17(3,4)5,18(6,7)8)19(9,10)11/h1,12-14H2,2-11H3. The fourth-order valence-electron chi connectivity index (χ4n) is 4.97. The molecular formula is C15H38OSi4. The first kappa shape index (κ1) is 20.6. The molecule has 0 aromatic heterocycles. The Morgan fingerprint density at radius 3 is 1.40 bits per heavy atom. The van der Waals surface area contributed by atoms with E-state index < -0.39 is 29.4 Å². The Labute approximate surface area is 131 Å². The van der Waals surface area contributed by atoms with Crippen LogP contribution in [0.2, 0.25) is 65.0 Å². The van der Waals surface area contributed by atoms with E-state index in [1.54, 1.807) is 0 Å². The van der Waals surface area contributed by atoms with Crippen LogP contribution in [0.1, 0.15) is 6.92 Å². The summed E-state index contributed by atoms with van der Waals surface area (Å²) in [5.41, 5.74) is 1.14. The van der Waals surface area contributed by atoms with Crippen LogP contribution in [0, 0.1) is 0 Å². The van der Waals surface area contributed by atoms with E-state index in [4.69, 9.17) is 4.74 Å². The number of hydrogen-bond donors (Lipinski definition) is 0. The molecule has 0 aliphatic heterocycles. The molecule has 0 saturated carbocycles. The highest BCUT2D eigenvalue weighted by atomic mass is 29.9. The van der Waals surface area contributed by atoms with Crippen LogP contribution >= 0.6 is 0 Å². The van der Waals surface area contributed by atoms with E-state index in [2.05, 4.69) is 72.4 Å². The summed E-state index contributed by atoms with van der Waals surface area (Å²) in [6.07, 6.45) is 0. The molecule has 0 amide bonds. The third-order valence-electron chi connectivity index (χ3n) is 4.81. The van der Waals surface area contributed by atoms with Crippen LogP contribution in [-0.4, -0.2) is 42.6 Å². The molecule has 0 N–H and O–H groups in total. The number of hydrogen-bond acceptors (Lipinski definition) is 1. The van der Waals surface area contributed by atoms with Crippen molar-refractivity contribution in [2.45, 2.75) is 71.9 Å². The van der Waals surface area contributed by atoms with Crippen molar-refractivity contribution in [3.8, 4) is 0 Å². The highest BCUT2D eigenvalue weighted by Gasteiger charge is 2.60. The van der Waals surface area contributed by atoms with Gasteiger partial charge >= 0.3 is 0 Å². The second-order valence-electron chi connectivity index (χ2n) is 9.42. The van der Waals surface area contributed by atoms with Gasteiger partial charge in [-0.15, -0.1) is 0 Å². The molecule has 0 fully saturated rings. The largest absolute Gasteiger partial charge is 0.377 e. The van der Waals surface area contributed by atoms with Crippen LogP contribution < -0.4 is 0 Å². The van der Waals surface area contributed by atoms with Gasteiger partial charge in [0.25, 0.3) is 0 Å². The maximum absolute atomic E-state index is 5.94. The van der Waals surface area contributed by atoms with Crippen molar-refractivity contribution in [1.82, 2.24) is 0 Å². The molecule has 0 rings (SSSR count). The topological polar surface area (TPSA) is 9.23 Å². The first-order chi connectivity index (χ1) is 8.67. The molecule has 0 aromatic rings. The minimum atomic E-state index is -1.21. The van der Waals surface area contributed by atoms with Gasteiger partial charge in [0, 0.05) is 36.0 Å². The molecule has 0 atom stereocenters. The van der Waals surface area contributed by atoms with Gasteiger partial charge < -0.3 is 4.74 Å². The predicted molar refractivity (Wildman–Crippen MR) is 106 cm³/mol. The highest BCUT2D eigenvalue weighted by molar-refractivity contribution is 7.89. The summed E-state index contributed by atoms with van der Waals surface area (Å²) in [4.78, 5) is 0. The van der Waals surface area contributed by atoms with Gasteiger partial charge in [0.15, 0.2) is 0 Å². The highest BCUT2D eigenvalue weighted by Crippen LogP contribution is 2.39. The van der Waals surface area contributed by atoms with Gasteiger partial charge in [-0.3, -0.25) is 0 Å². The lowest BCUT2D eigenvalue weighted by Crippen LogP contribution is -2.82. The van der Waals surface area contributed by atoms with E-state index in [1.165, 1.54) is 6.04 Å². The van der Waals surface area contributed by atoms with Crippen LogP contribution in [0.15, 0.2) is 12.2 Å². The summed E-state index contributed by atoms with van der Waals surface area (Å²) in [6, 6.07) is 1.40. The molecule has 0 saturated heterocycles. The lowest BCUT2D eigenvalue weighted by Gasteiger charge is -2.57. The van der Waals surface area contributed by atoms with Crippen LogP contribution in [-0.2, 0) is 4.74 Å². The number of rotatable bonds is 8. The molecule has 0 aliphatic carbocycles. The van der Waals surface area contributed by atoms with Crippen LogP contribution in [0.5, 0.6) is 0 Å². The molecule has 120 valence electrons. The zero-order chi connectivity index (χ0) is 16.4. The van der Waals surface area contributed by atoms with Crippen molar-refractivity contribution < 1.29 is 4.74 Å². The molecular weight excluding hydrogens is 309 g/mol. The normalized spacial score (nSPS) is 14.5. The monoisotopic (exact) mass is 346 g/mol. The summed E-state index contributed by atoms with van der Waals surface area (Å²) < 4.78 is 5.94. The molecule has 0 spiro atoms. The Kier molecular flexibility index (Phi) is 6.96. The van der Waals surface area contributed by atoms with Gasteiger partial charge in [0.2, 0.25) is 0 Å². The lowest BCUT2D eigenvalue weighted by atomic mass is 10.4. The zero-order valence-corrected chi connectivity index (χ0v) is 19.7. The van der Waals surface area contributed by atoms with E-state index in [0.29, 0.717) is 0 Å². The molecule has 0 aliphatic rings. The maximum Gasteiger partial charge on any atom is 0.0671 e. The van der Waals surface area contributed by atoms with Crippen molar-refractivity contribution in [1.29, 1.82) is 0 Å². The van der Waals surface area contributed by atoms with Gasteiger partial charge in [-0.2, -0.15) is 0 Å². The van der Waals surface area contributed by atoms with Crippen molar-refractivity contribution in [2.24, 2.45) is 0 Å². The fourth-order valence-corrected chi connectivity index (χ4v) is 103. The van der Waals surface area contributed by atoms with Gasteiger partial charge in [-0.1, -0.05) is 71.1 Å². The third kappa shape index (κ3) is 4.53. The molecule has 0 radical (unpaired) electrons. The first-order valence-corrected chi connectivity index (χ1v) is 23.6. The van der Waals surface area contributed by atoms with Gasteiger partial charge in [-0.05, 0) is 13.0 Å². The molecule has 0 heterocycles. The SMILES string of the molecule is C=C(C)COCC[Si]([Si](C)(C)C)([Si](C)(C)C)[Si](C)(C)C. The van der Waals surface area contributed by atoms with Gasteiger partial charge in [0.05, 0.1) is 6.61 Å². The lowest BCUT2D eigenvalue weighted by molar-refractivity contribution is 0.171. The smallest absolute Gasteiger partial charge is 0.0671 e. The minimum absolute atomic E-state index is 0.744. The summed E-state index contributed by atoms with van der Waals surface area (Å²) in [6.45, 7) is 30.3. The predicted octanol–water partition coefficient (Wildman–Crippen LogP) is 5.28. The zero-order valence-electron chi connectivity index (χ0n) is 15.7. The van der Waals surface area contributed by atoms with E-state index in [9.17, 15) is 0 Å². The molecule has 5 heteroatoms. The van der Waals surface area contributed by atoms with Crippen molar-refractivity contribution in [2.75, 3.05) is 13.2 Å². The molecule has 0 bridgehead atoms. The molecule has 20 heavy (non-hydrogen) atoms. The van der Waals surface area contributed by atoms with Crippen molar-refractivity contribution >= 4 is 29.4 Å². The third-order valence-corrected chi connectivity index (χ3v) is 79.2. The molecule has 0 unspecified atom stereocenters. The Bertz CT molecular complexity index is 295. The van der Waals surface area contributed by atoms with E-state index in [0.717, 1.165) is 18.8 Å². The quantitative estimate of drug-likeness (QED) is 0.330. The fraction of sp³-hybridized carbons (Fsp3) is 0.867. The second kappa shape index (κ2) is 6.77. The Morgan fingerprint density at radius 1 is 0.800 bits per heavy atom. The van der Waals surface area contributed by atoms with E-state index in [-0.39, 0.29) is 0 Å². The summed E-state index contributed by atoms with van der Waals surface area (Å²) in [7, 11) is -3.38. The minimum Gasteiger partial charge on any atom is -0.377 e. The average Bonchev–Trinajstić information content (AvgIpc) is 2.09. The maximum atomic E-state index is 5.94. The second-order valence-corrected chi connectivity index (χ2v) is 50.9. The van der Waals surface area contributed by atoms with Crippen LogP contribution in [0.25, 0.3) is 0 Å². The summed E-state index contributed by atoms with van der Waals surface area (Å²) >= 11 is 0. The molecule has 0 aromatic carbocycles. The Morgan fingerprint density at radius 2 is 1.15 bits per heavy atom. The first-order valence-electron chi connectivity index (χ1n) is 7.89. The van der Waals surface area contributed by atoms with Crippen molar-refractivity contribution in [3.63, 3.8) is 0 Å². The molecule has 1 nitrogen and oxygen atoms in total. The Balaban J connectivity index is 5.41. The van der Waals surface area contributed by atoms with Crippen molar-refractivity contribution in [3.05, 3.63) is 12.2 Å². The Hall–Kier alpha value is 0.568. The van der Waals surface area contributed by atoms with Gasteiger partial charge in [-0.25, -0.2) is 0 Å². The van der Waals surface area contributed by atoms with E-state index in [1.807, 2.05) is 0 Å². The summed E-state index contributed by atoms with van der Waals surface area (Å²) in [5, 5.41) is 0. The number of ether oxygens (including phenoxy) is 1. The van der Waals surface area contributed by atoms with Gasteiger partial charge in [0.1, 0.15) is 0 Å².